The smallest absolute Gasteiger partial charge is 0.231 e. The van der Waals surface area contributed by atoms with Crippen molar-refractivity contribution in [3.05, 3.63) is 6.07 Å². The van der Waals surface area contributed by atoms with Gasteiger partial charge in [0.1, 0.15) is 0 Å². The first-order valence-electron chi connectivity index (χ1n) is 6.69. The molecule has 106 valence electrons. The average Bonchev–Trinajstić information content (AvgIpc) is 2.47. The maximum Gasteiger partial charge on any atom is 0.231 e. The van der Waals surface area contributed by atoms with Crippen molar-refractivity contribution in [3.8, 4) is 11.8 Å². The molecule has 1 fully saturated rings. The Morgan fingerprint density at radius 3 is 2.58 bits per heavy atom. The van der Waals surface area contributed by atoms with E-state index in [9.17, 15) is 0 Å². The highest BCUT2D eigenvalue weighted by atomic mass is 16.5. The molecule has 1 aliphatic heterocycles. The maximum absolute atomic E-state index is 5.65. The Labute approximate surface area is 113 Å². The van der Waals surface area contributed by atoms with E-state index in [0.29, 0.717) is 23.6 Å². The lowest BCUT2D eigenvalue weighted by atomic mass is 9.95. The summed E-state index contributed by atoms with van der Waals surface area (Å²) in [6.45, 7) is 2.66. The van der Waals surface area contributed by atoms with Crippen LogP contribution in [0.25, 0.3) is 0 Å². The van der Waals surface area contributed by atoms with E-state index in [1.54, 1.807) is 20.3 Å². The molecule has 6 nitrogen and oxygen atoms in total. The lowest BCUT2D eigenvalue weighted by Gasteiger charge is -2.32. The predicted molar refractivity (Wildman–Crippen MR) is 73.7 cm³/mol. The second-order valence-corrected chi connectivity index (χ2v) is 4.78. The minimum Gasteiger partial charge on any atom is -0.481 e. The van der Waals surface area contributed by atoms with E-state index in [4.69, 9.17) is 15.2 Å². The van der Waals surface area contributed by atoms with Gasteiger partial charge in [-0.05, 0) is 31.7 Å². The summed E-state index contributed by atoms with van der Waals surface area (Å²) in [7, 11) is 3.19. The van der Waals surface area contributed by atoms with Gasteiger partial charge < -0.3 is 20.1 Å². The summed E-state index contributed by atoms with van der Waals surface area (Å²) in [5.41, 5.74) is 5.65. The molecule has 0 bridgehead atoms. The molecule has 1 aromatic heterocycles. The minimum atomic E-state index is 0.530. The number of anilines is 1. The normalized spacial score (nSPS) is 19.3. The van der Waals surface area contributed by atoms with Crippen LogP contribution in [0.1, 0.15) is 19.3 Å². The number of ether oxygens (including phenoxy) is 2. The van der Waals surface area contributed by atoms with E-state index in [0.717, 1.165) is 32.5 Å². The van der Waals surface area contributed by atoms with Crippen molar-refractivity contribution in [1.29, 1.82) is 0 Å². The fraction of sp³-hybridized carbons (Fsp3) is 0.692. The van der Waals surface area contributed by atoms with Crippen LogP contribution < -0.4 is 20.1 Å². The van der Waals surface area contributed by atoms with Crippen molar-refractivity contribution < 1.29 is 9.47 Å². The summed E-state index contributed by atoms with van der Waals surface area (Å²) >= 11 is 0. The van der Waals surface area contributed by atoms with Crippen LogP contribution in [0, 0.1) is 5.92 Å². The summed E-state index contributed by atoms with van der Waals surface area (Å²) in [6, 6.07) is 1.69. The number of aromatic nitrogens is 2. The fourth-order valence-corrected chi connectivity index (χ4v) is 2.46. The number of rotatable bonds is 5. The lowest BCUT2D eigenvalue weighted by molar-refractivity contribution is 0.363. The maximum atomic E-state index is 5.65. The van der Waals surface area contributed by atoms with Crippen molar-refractivity contribution >= 4 is 5.95 Å². The summed E-state index contributed by atoms with van der Waals surface area (Å²) in [4.78, 5) is 11.0. The summed E-state index contributed by atoms with van der Waals surface area (Å²) in [5.74, 6) is 2.36. The molecular weight excluding hydrogens is 244 g/mol. The molecule has 0 aliphatic carbocycles. The highest BCUT2D eigenvalue weighted by Crippen LogP contribution is 2.25. The third-order valence-corrected chi connectivity index (χ3v) is 3.46. The molecule has 0 saturated carbocycles. The van der Waals surface area contributed by atoms with Gasteiger partial charge in [-0.15, -0.1) is 0 Å². The molecule has 0 spiro atoms. The van der Waals surface area contributed by atoms with Crippen LogP contribution in [0.3, 0.4) is 0 Å². The number of hydrogen-bond acceptors (Lipinski definition) is 6. The van der Waals surface area contributed by atoms with E-state index >= 15 is 0 Å². The second kappa shape index (κ2) is 6.56. The van der Waals surface area contributed by atoms with Crippen LogP contribution in [-0.2, 0) is 0 Å². The fourth-order valence-electron chi connectivity index (χ4n) is 2.46. The van der Waals surface area contributed by atoms with Crippen LogP contribution in [0.2, 0.25) is 0 Å². The largest absolute Gasteiger partial charge is 0.481 e. The van der Waals surface area contributed by atoms with Gasteiger partial charge in [0.25, 0.3) is 0 Å². The Balaban J connectivity index is 2.15. The molecule has 0 amide bonds. The Hall–Kier alpha value is -1.56. The molecule has 1 unspecified atom stereocenters. The Kier molecular flexibility index (Phi) is 4.79. The molecule has 2 rings (SSSR count). The predicted octanol–water partition coefficient (Wildman–Crippen LogP) is 1.06. The molecular formula is C13H22N4O2. The van der Waals surface area contributed by atoms with Gasteiger partial charge in [-0.25, -0.2) is 0 Å². The first kappa shape index (κ1) is 13.9. The standard InChI is InChI=1S/C13H22N4O2/c1-18-11-8-12(19-2)16-13(15-11)17-7-3-4-10(9-17)5-6-14/h8,10H,3-7,9,14H2,1-2H3. The monoisotopic (exact) mass is 266 g/mol. The van der Waals surface area contributed by atoms with Crippen LogP contribution in [0.4, 0.5) is 5.95 Å². The van der Waals surface area contributed by atoms with Crippen LogP contribution in [0.5, 0.6) is 11.8 Å². The number of nitrogens with two attached hydrogens (primary N) is 1. The molecule has 0 aromatic carbocycles. The van der Waals surface area contributed by atoms with E-state index < -0.39 is 0 Å². The first-order chi connectivity index (χ1) is 9.26. The molecule has 2 heterocycles. The summed E-state index contributed by atoms with van der Waals surface area (Å²) in [5, 5.41) is 0. The molecule has 1 atom stereocenters. The number of nitrogens with zero attached hydrogens (tertiary/aromatic N) is 3. The molecule has 2 N–H and O–H groups in total. The zero-order valence-electron chi connectivity index (χ0n) is 11.6. The SMILES string of the molecule is COc1cc(OC)nc(N2CCCC(CCN)C2)n1. The van der Waals surface area contributed by atoms with Gasteiger partial charge in [0, 0.05) is 13.1 Å². The van der Waals surface area contributed by atoms with E-state index in [1.807, 2.05) is 0 Å². The molecule has 1 aliphatic rings. The summed E-state index contributed by atoms with van der Waals surface area (Å²) < 4.78 is 10.4. The third-order valence-electron chi connectivity index (χ3n) is 3.46. The van der Waals surface area contributed by atoms with Gasteiger partial charge in [0.05, 0.1) is 20.3 Å². The highest BCUT2D eigenvalue weighted by molar-refractivity contribution is 5.37. The Morgan fingerprint density at radius 1 is 1.32 bits per heavy atom. The van der Waals surface area contributed by atoms with Crippen molar-refractivity contribution in [3.63, 3.8) is 0 Å². The quantitative estimate of drug-likeness (QED) is 0.859. The van der Waals surface area contributed by atoms with Gasteiger partial charge >= 0.3 is 0 Å². The van der Waals surface area contributed by atoms with Gasteiger partial charge in [-0.2, -0.15) is 9.97 Å². The molecule has 1 saturated heterocycles. The zero-order valence-corrected chi connectivity index (χ0v) is 11.6. The average molecular weight is 266 g/mol. The van der Waals surface area contributed by atoms with E-state index in [1.165, 1.54) is 6.42 Å². The van der Waals surface area contributed by atoms with Crippen molar-refractivity contribution in [1.82, 2.24) is 9.97 Å². The lowest BCUT2D eigenvalue weighted by Crippen LogP contribution is -2.37. The number of piperidine rings is 1. The summed E-state index contributed by atoms with van der Waals surface area (Å²) in [6.07, 6.45) is 3.43. The molecule has 1 aromatic rings. The van der Waals surface area contributed by atoms with Crippen LogP contribution in [-0.4, -0.2) is 43.8 Å². The number of methoxy groups -OCH3 is 2. The molecule has 0 radical (unpaired) electrons. The van der Waals surface area contributed by atoms with Crippen molar-refractivity contribution in [2.75, 3.05) is 38.8 Å². The van der Waals surface area contributed by atoms with E-state index in [2.05, 4.69) is 14.9 Å². The Morgan fingerprint density at radius 2 is 2.00 bits per heavy atom. The molecule has 19 heavy (non-hydrogen) atoms. The Bertz CT molecular complexity index is 389. The van der Waals surface area contributed by atoms with Crippen LogP contribution >= 0.6 is 0 Å². The van der Waals surface area contributed by atoms with Crippen molar-refractivity contribution in [2.45, 2.75) is 19.3 Å². The van der Waals surface area contributed by atoms with Crippen molar-refractivity contribution in [2.24, 2.45) is 11.7 Å². The van der Waals surface area contributed by atoms with Gasteiger partial charge in [0.2, 0.25) is 17.7 Å². The molecule has 6 heteroatoms. The topological polar surface area (TPSA) is 73.5 Å². The highest BCUT2D eigenvalue weighted by Gasteiger charge is 2.22. The van der Waals surface area contributed by atoms with Crippen LogP contribution in [0.15, 0.2) is 6.07 Å². The minimum absolute atomic E-state index is 0.530. The second-order valence-electron chi connectivity index (χ2n) is 4.78. The van der Waals surface area contributed by atoms with E-state index in [-0.39, 0.29) is 0 Å². The first-order valence-corrected chi connectivity index (χ1v) is 6.69. The van der Waals surface area contributed by atoms with Gasteiger partial charge in [-0.3, -0.25) is 0 Å². The zero-order chi connectivity index (χ0) is 13.7. The third kappa shape index (κ3) is 3.47. The van der Waals surface area contributed by atoms with Gasteiger partial charge in [-0.1, -0.05) is 0 Å². The van der Waals surface area contributed by atoms with Gasteiger partial charge in [0.15, 0.2) is 0 Å². The number of hydrogen-bond donors (Lipinski definition) is 1.